The van der Waals surface area contributed by atoms with Gasteiger partial charge in [-0.3, -0.25) is 9.78 Å². The van der Waals surface area contributed by atoms with Gasteiger partial charge < -0.3 is 15.1 Å². The number of aromatic nitrogens is 2. The van der Waals surface area contributed by atoms with E-state index >= 15 is 0 Å². The Hall–Kier alpha value is -2.73. The van der Waals surface area contributed by atoms with Crippen molar-refractivity contribution in [3.05, 3.63) is 53.7 Å². The Balaban J connectivity index is 1.41. The second-order valence-electron chi connectivity index (χ2n) is 8.62. The minimum atomic E-state index is -0.00143. The van der Waals surface area contributed by atoms with Crippen LogP contribution in [0.1, 0.15) is 53.7 Å². The fourth-order valence-corrected chi connectivity index (χ4v) is 4.49. The van der Waals surface area contributed by atoms with Crippen molar-refractivity contribution >= 4 is 22.6 Å². The number of rotatable bonds is 5. The van der Waals surface area contributed by atoms with Gasteiger partial charge in [-0.2, -0.15) is 0 Å². The summed E-state index contributed by atoms with van der Waals surface area (Å²) in [5.41, 5.74) is 11.4. The predicted octanol–water partition coefficient (Wildman–Crippen LogP) is 3.70. The molecular formula is C23H26N4O2. The van der Waals surface area contributed by atoms with Crippen LogP contribution in [0.5, 0.6) is 0 Å². The smallest absolute Gasteiger partial charge is 0.185 e. The van der Waals surface area contributed by atoms with E-state index in [0.717, 1.165) is 47.4 Å². The molecule has 6 heteroatoms. The highest BCUT2D eigenvalue weighted by molar-refractivity contribution is 5.98. The van der Waals surface area contributed by atoms with Crippen LogP contribution >= 0.6 is 0 Å². The van der Waals surface area contributed by atoms with Crippen molar-refractivity contribution in [3.8, 4) is 0 Å². The second-order valence-corrected chi connectivity index (χ2v) is 8.62. The number of furan rings is 1. The maximum atomic E-state index is 13.1. The minimum absolute atomic E-state index is 0.00143. The van der Waals surface area contributed by atoms with Crippen molar-refractivity contribution in [1.29, 1.82) is 0 Å². The summed E-state index contributed by atoms with van der Waals surface area (Å²) in [6.07, 6.45) is 9.03. The molecule has 2 fully saturated rings. The predicted molar refractivity (Wildman–Crippen MR) is 112 cm³/mol. The molecule has 2 atom stereocenters. The zero-order valence-electron chi connectivity index (χ0n) is 16.7. The number of carbonyl (C=O) groups is 1. The second kappa shape index (κ2) is 7.26. The number of hydrogen-bond donors (Lipinski definition) is 1. The van der Waals surface area contributed by atoms with Crippen LogP contribution in [0.2, 0.25) is 0 Å². The van der Waals surface area contributed by atoms with Crippen LogP contribution in [-0.4, -0.2) is 34.9 Å². The summed E-state index contributed by atoms with van der Waals surface area (Å²) < 4.78 is 5.62. The fraction of sp³-hybridized carbons (Fsp3) is 0.435. The number of nitrogens with zero attached hydrogens (tertiary/aromatic N) is 3. The maximum Gasteiger partial charge on any atom is 0.185 e. The highest BCUT2D eigenvalue weighted by Gasteiger charge is 2.29. The van der Waals surface area contributed by atoms with E-state index in [-0.39, 0.29) is 18.2 Å². The van der Waals surface area contributed by atoms with Crippen LogP contribution in [0, 0.1) is 5.92 Å². The Kier molecular flexibility index (Phi) is 4.59. The molecule has 150 valence electrons. The van der Waals surface area contributed by atoms with Gasteiger partial charge in [0.1, 0.15) is 11.2 Å². The first kappa shape index (κ1) is 18.3. The maximum absolute atomic E-state index is 13.1. The summed E-state index contributed by atoms with van der Waals surface area (Å²) in [5.74, 6) is 1.06. The van der Waals surface area contributed by atoms with Crippen LogP contribution in [0.15, 0.2) is 41.3 Å². The molecule has 0 bridgehead atoms. The molecule has 3 aromatic rings. The van der Waals surface area contributed by atoms with Crippen molar-refractivity contribution in [2.24, 2.45) is 11.7 Å². The first-order valence-electron chi connectivity index (χ1n) is 10.4. The standard InChI is InChI=1S/C23H26N4O2/c1-14-8-17(24)12-27(11-14)20-6-7-25-10-16(20)9-21(28)19-4-5-22-23(26-19)18(13-29-22)15-2-3-15/h4-7,10,13-15,17H,2-3,8-9,11-12,24H2,1H3/t14-,17+/m1/s1. The van der Waals surface area contributed by atoms with Gasteiger partial charge in [-0.1, -0.05) is 6.92 Å². The van der Waals surface area contributed by atoms with E-state index < -0.39 is 0 Å². The van der Waals surface area contributed by atoms with Crippen LogP contribution in [0.25, 0.3) is 11.1 Å². The quantitative estimate of drug-likeness (QED) is 0.669. The van der Waals surface area contributed by atoms with Gasteiger partial charge in [0.2, 0.25) is 0 Å². The molecule has 1 saturated carbocycles. The summed E-state index contributed by atoms with van der Waals surface area (Å²) >= 11 is 0. The van der Waals surface area contributed by atoms with Crippen molar-refractivity contribution in [2.45, 2.75) is 44.6 Å². The van der Waals surface area contributed by atoms with E-state index in [9.17, 15) is 4.79 Å². The molecule has 5 rings (SSSR count). The summed E-state index contributed by atoms with van der Waals surface area (Å²) in [5, 5.41) is 0. The molecule has 1 aliphatic carbocycles. The SMILES string of the molecule is C[C@@H]1C[C@H](N)CN(c2ccncc2CC(=O)c2ccc3occ(C4CC4)c3n2)C1. The summed E-state index contributed by atoms with van der Waals surface area (Å²) in [7, 11) is 0. The molecule has 1 aliphatic heterocycles. The molecule has 0 unspecified atom stereocenters. The zero-order valence-corrected chi connectivity index (χ0v) is 16.7. The Labute approximate surface area is 170 Å². The highest BCUT2D eigenvalue weighted by atomic mass is 16.3. The molecule has 0 spiro atoms. The molecule has 0 aromatic carbocycles. The van der Waals surface area contributed by atoms with Gasteiger partial charge in [0.05, 0.1) is 6.26 Å². The zero-order chi connectivity index (χ0) is 20.0. The normalized spacial score (nSPS) is 22.2. The van der Waals surface area contributed by atoms with Gasteiger partial charge in [-0.05, 0) is 49.3 Å². The van der Waals surface area contributed by atoms with E-state index in [1.165, 1.54) is 12.8 Å². The number of nitrogens with two attached hydrogens (primary N) is 1. The third-order valence-corrected chi connectivity index (χ3v) is 6.01. The molecule has 2 N–H and O–H groups in total. The van der Waals surface area contributed by atoms with E-state index in [1.54, 1.807) is 24.7 Å². The number of Topliss-reactive ketones (excluding diaryl/α,β-unsaturated/α-hetero) is 1. The highest BCUT2D eigenvalue weighted by Crippen LogP contribution is 2.43. The van der Waals surface area contributed by atoms with Crippen molar-refractivity contribution in [1.82, 2.24) is 9.97 Å². The molecule has 29 heavy (non-hydrogen) atoms. The van der Waals surface area contributed by atoms with Gasteiger partial charge in [0.15, 0.2) is 11.4 Å². The minimum Gasteiger partial charge on any atom is -0.462 e. The summed E-state index contributed by atoms with van der Waals surface area (Å²) in [6, 6.07) is 5.77. The molecule has 0 amide bonds. The largest absolute Gasteiger partial charge is 0.462 e. The Morgan fingerprint density at radius 2 is 2.14 bits per heavy atom. The molecular weight excluding hydrogens is 364 g/mol. The molecule has 2 aliphatic rings. The van der Waals surface area contributed by atoms with Crippen LogP contribution in [-0.2, 0) is 6.42 Å². The topological polar surface area (TPSA) is 85.2 Å². The first-order chi connectivity index (χ1) is 14.1. The summed E-state index contributed by atoms with van der Waals surface area (Å²) in [6.45, 7) is 3.97. The van der Waals surface area contributed by atoms with E-state index in [0.29, 0.717) is 17.5 Å². The van der Waals surface area contributed by atoms with Crippen LogP contribution in [0.3, 0.4) is 0 Å². The van der Waals surface area contributed by atoms with Gasteiger partial charge in [-0.25, -0.2) is 4.98 Å². The lowest BCUT2D eigenvalue weighted by atomic mass is 9.95. The van der Waals surface area contributed by atoms with Crippen molar-refractivity contribution < 1.29 is 9.21 Å². The van der Waals surface area contributed by atoms with Gasteiger partial charge in [0.25, 0.3) is 0 Å². The Morgan fingerprint density at radius 3 is 2.93 bits per heavy atom. The van der Waals surface area contributed by atoms with E-state index in [1.807, 2.05) is 12.1 Å². The number of piperidine rings is 1. The number of carbonyl (C=O) groups excluding carboxylic acids is 1. The Bertz CT molecular complexity index is 1050. The molecule has 1 saturated heterocycles. The van der Waals surface area contributed by atoms with Gasteiger partial charge in [-0.15, -0.1) is 0 Å². The average Bonchev–Trinajstić information content (AvgIpc) is 3.46. The molecule has 3 aromatic heterocycles. The lowest BCUT2D eigenvalue weighted by molar-refractivity contribution is 0.0988. The van der Waals surface area contributed by atoms with E-state index in [2.05, 4.69) is 21.8 Å². The van der Waals surface area contributed by atoms with Crippen molar-refractivity contribution in [2.75, 3.05) is 18.0 Å². The summed E-state index contributed by atoms with van der Waals surface area (Å²) in [4.78, 5) is 24.3. The van der Waals surface area contributed by atoms with Crippen molar-refractivity contribution in [3.63, 3.8) is 0 Å². The fourth-order valence-electron chi connectivity index (χ4n) is 4.49. The number of fused-ring (bicyclic) bond motifs is 1. The number of anilines is 1. The first-order valence-corrected chi connectivity index (χ1v) is 10.4. The number of hydrogen-bond acceptors (Lipinski definition) is 6. The number of pyridine rings is 2. The number of ketones is 1. The van der Waals surface area contributed by atoms with Gasteiger partial charge >= 0.3 is 0 Å². The molecule has 0 radical (unpaired) electrons. The van der Waals surface area contributed by atoms with E-state index in [4.69, 9.17) is 10.2 Å². The lowest BCUT2D eigenvalue weighted by Gasteiger charge is -2.37. The molecule has 4 heterocycles. The Morgan fingerprint density at radius 1 is 1.28 bits per heavy atom. The monoisotopic (exact) mass is 390 g/mol. The van der Waals surface area contributed by atoms with Crippen LogP contribution in [0.4, 0.5) is 5.69 Å². The van der Waals surface area contributed by atoms with Crippen LogP contribution < -0.4 is 10.6 Å². The third-order valence-electron chi connectivity index (χ3n) is 6.01. The third kappa shape index (κ3) is 3.65. The average molecular weight is 390 g/mol. The molecule has 6 nitrogen and oxygen atoms in total. The lowest BCUT2D eigenvalue weighted by Crippen LogP contribution is -2.46. The van der Waals surface area contributed by atoms with Gasteiger partial charge in [0, 0.05) is 54.8 Å².